The van der Waals surface area contributed by atoms with Gasteiger partial charge >= 0.3 is 7.82 Å². The first-order valence-corrected chi connectivity index (χ1v) is 7.68. The van der Waals surface area contributed by atoms with Gasteiger partial charge in [-0.2, -0.15) is 0 Å². The van der Waals surface area contributed by atoms with Gasteiger partial charge < -0.3 is 19.5 Å². The molecule has 7 nitrogen and oxygen atoms in total. The molecule has 110 valence electrons. The average molecular weight is 302 g/mol. The molecule has 8 heteroatoms. The van der Waals surface area contributed by atoms with Crippen molar-refractivity contribution in [2.75, 3.05) is 13.2 Å². The summed E-state index contributed by atoms with van der Waals surface area (Å²) in [5.74, 6) is 0.454. The standard InChI is InChI=1S/C12H15O7P/c13-9-6-16-11(12(9)14)7-18-20(15)17-5-8-3-1-2-4-10(8)19-20/h1-4,9,11-14H,5-7H2. The molecule has 0 amide bonds. The summed E-state index contributed by atoms with van der Waals surface area (Å²) in [5.41, 5.74) is 0.787. The Bertz CT molecular complexity index is 534. The van der Waals surface area contributed by atoms with Gasteiger partial charge in [0.1, 0.15) is 24.1 Å². The van der Waals surface area contributed by atoms with Gasteiger partial charge in [-0.1, -0.05) is 18.2 Å². The molecule has 1 saturated heterocycles. The third-order valence-electron chi connectivity index (χ3n) is 3.21. The van der Waals surface area contributed by atoms with Crippen molar-refractivity contribution in [2.45, 2.75) is 24.9 Å². The number of para-hydroxylation sites is 1. The number of hydrogen-bond acceptors (Lipinski definition) is 7. The summed E-state index contributed by atoms with van der Waals surface area (Å²) < 4.78 is 32.9. The Morgan fingerprint density at radius 1 is 1.35 bits per heavy atom. The molecule has 2 aliphatic heterocycles. The molecule has 1 aromatic rings. The molecular formula is C12H15O7P. The quantitative estimate of drug-likeness (QED) is 0.799. The highest BCUT2D eigenvalue weighted by Crippen LogP contribution is 2.54. The highest BCUT2D eigenvalue weighted by molar-refractivity contribution is 7.49. The van der Waals surface area contributed by atoms with Crippen LogP contribution in [0.1, 0.15) is 5.56 Å². The van der Waals surface area contributed by atoms with E-state index in [2.05, 4.69) is 0 Å². The minimum absolute atomic E-state index is 0.0179. The highest BCUT2D eigenvalue weighted by atomic mass is 31.2. The van der Waals surface area contributed by atoms with Crippen molar-refractivity contribution in [1.82, 2.24) is 0 Å². The number of phosphoric acid groups is 1. The summed E-state index contributed by atoms with van der Waals surface area (Å²) in [4.78, 5) is 0. The normalized spacial score (nSPS) is 36.4. The second kappa shape index (κ2) is 5.44. The van der Waals surface area contributed by atoms with Crippen molar-refractivity contribution < 1.29 is 33.1 Å². The van der Waals surface area contributed by atoms with E-state index in [-0.39, 0.29) is 19.8 Å². The number of phosphoric ester groups is 1. The fraction of sp³-hybridized carbons (Fsp3) is 0.500. The number of rotatable bonds is 3. The lowest BCUT2D eigenvalue weighted by atomic mass is 10.2. The molecule has 4 unspecified atom stereocenters. The maximum Gasteiger partial charge on any atom is 0.530 e. The van der Waals surface area contributed by atoms with Gasteiger partial charge in [-0.3, -0.25) is 9.05 Å². The fourth-order valence-corrected chi connectivity index (χ4v) is 3.28. The van der Waals surface area contributed by atoms with Crippen LogP contribution in [0.25, 0.3) is 0 Å². The summed E-state index contributed by atoms with van der Waals surface area (Å²) in [7, 11) is -3.72. The summed E-state index contributed by atoms with van der Waals surface area (Å²) in [5, 5.41) is 18.9. The lowest BCUT2D eigenvalue weighted by molar-refractivity contribution is -0.00911. The maximum atomic E-state index is 12.3. The van der Waals surface area contributed by atoms with E-state index in [1.165, 1.54) is 0 Å². The van der Waals surface area contributed by atoms with Crippen LogP contribution in [0.2, 0.25) is 0 Å². The zero-order valence-corrected chi connectivity index (χ0v) is 11.4. The van der Waals surface area contributed by atoms with Crippen LogP contribution in [0.4, 0.5) is 0 Å². The van der Waals surface area contributed by atoms with Crippen LogP contribution in [-0.4, -0.2) is 41.7 Å². The number of ether oxygens (including phenoxy) is 1. The summed E-state index contributed by atoms with van der Waals surface area (Å²) in [6.07, 6.45) is -2.78. The number of aliphatic hydroxyl groups is 2. The van der Waals surface area contributed by atoms with Gasteiger partial charge in [0.25, 0.3) is 0 Å². The third-order valence-corrected chi connectivity index (χ3v) is 4.54. The van der Waals surface area contributed by atoms with E-state index in [0.717, 1.165) is 5.56 Å². The predicted octanol–water partition coefficient (Wildman–Crippen LogP) is 0.841. The summed E-state index contributed by atoms with van der Waals surface area (Å²) >= 11 is 0. The molecule has 20 heavy (non-hydrogen) atoms. The van der Waals surface area contributed by atoms with Gasteiger partial charge in [0.15, 0.2) is 0 Å². The Morgan fingerprint density at radius 3 is 2.90 bits per heavy atom. The SMILES string of the molecule is O=P1(OCC2OCC(O)C2O)OCc2ccccc2O1. The monoisotopic (exact) mass is 302 g/mol. The van der Waals surface area contributed by atoms with E-state index in [4.69, 9.17) is 18.3 Å². The molecule has 3 rings (SSSR count). The molecule has 2 N–H and O–H groups in total. The minimum Gasteiger partial charge on any atom is -0.404 e. The summed E-state index contributed by atoms with van der Waals surface area (Å²) in [6.45, 7) is -0.0358. The lowest BCUT2D eigenvalue weighted by Crippen LogP contribution is -2.33. The van der Waals surface area contributed by atoms with Crippen LogP contribution in [0.3, 0.4) is 0 Å². The number of fused-ring (bicyclic) bond motifs is 1. The molecule has 0 aromatic heterocycles. The molecule has 0 spiro atoms. The molecule has 4 atom stereocenters. The van der Waals surface area contributed by atoms with Gasteiger partial charge in [0.05, 0.1) is 19.8 Å². The van der Waals surface area contributed by atoms with Crippen LogP contribution in [-0.2, 0) is 25.0 Å². The maximum absolute atomic E-state index is 12.3. The van der Waals surface area contributed by atoms with E-state index in [1.807, 2.05) is 6.07 Å². The van der Waals surface area contributed by atoms with E-state index in [1.54, 1.807) is 18.2 Å². The van der Waals surface area contributed by atoms with Crippen LogP contribution < -0.4 is 4.52 Å². The number of aliphatic hydroxyl groups excluding tert-OH is 2. The number of benzene rings is 1. The molecular weight excluding hydrogens is 287 g/mol. The van der Waals surface area contributed by atoms with Crippen molar-refractivity contribution in [1.29, 1.82) is 0 Å². The molecule has 0 aliphatic carbocycles. The third kappa shape index (κ3) is 2.74. The Balaban J connectivity index is 1.62. The summed E-state index contributed by atoms with van der Waals surface area (Å²) in [6, 6.07) is 7.07. The average Bonchev–Trinajstić information content (AvgIpc) is 2.77. The van der Waals surface area contributed by atoms with E-state index in [9.17, 15) is 14.8 Å². The predicted molar refractivity (Wildman–Crippen MR) is 67.2 cm³/mol. The zero-order chi connectivity index (χ0) is 14.2. The van der Waals surface area contributed by atoms with Crippen LogP contribution in [0.15, 0.2) is 24.3 Å². The molecule has 1 fully saturated rings. The second-order valence-electron chi connectivity index (χ2n) is 4.65. The van der Waals surface area contributed by atoms with Gasteiger partial charge in [0.2, 0.25) is 0 Å². The lowest BCUT2D eigenvalue weighted by Gasteiger charge is -2.25. The smallest absolute Gasteiger partial charge is 0.404 e. The largest absolute Gasteiger partial charge is 0.530 e. The minimum atomic E-state index is -3.72. The van der Waals surface area contributed by atoms with E-state index >= 15 is 0 Å². The molecule has 0 saturated carbocycles. The highest BCUT2D eigenvalue weighted by Gasteiger charge is 2.39. The second-order valence-corrected chi connectivity index (χ2v) is 6.24. The van der Waals surface area contributed by atoms with Crippen molar-refractivity contribution >= 4 is 7.82 Å². The first kappa shape index (κ1) is 14.0. The first-order chi connectivity index (χ1) is 9.57. The van der Waals surface area contributed by atoms with Crippen molar-refractivity contribution in [3.63, 3.8) is 0 Å². The van der Waals surface area contributed by atoms with Crippen molar-refractivity contribution in [3.8, 4) is 5.75 Å². The van der Waals surface area contributed by atoms with Crippen molar-refractivity contribution in [2.24, 2.45) is 0 Å². The molecule has 0 bridgehead atoms. The van der Waals surface area contributed by atoms with E-state index in [0.29, 0.717) is 5.75 Å². The van der Waals surface area contributed by atoms with Crippen LogP contribution >= 0.6 is 7.82 Å². The van der Waals surface area contributed by atoms with Crippen LogP contribution in [0, 0.1) is 0 Å². The Morgan fingerprint density at radius 2 is 2.15 bits per heavy atom. The van der Waals surface area contributed by atoms with Gasteiger partial charge in [0, 0.05) is 5.56 Å². The Labute approximate surface area is 115 Å². The zero-order valence-electron chi connectivity index (χ0n) is 10.5. The van der Waals surface area contributed by atoms with E-state index < -0.39 is 26.1 Å². The fourth-order valence-electron chi connectivity index (χ4n) is 2.05. The first-order valence-electron chi connectivity index (χ1n) is 6.22. The molecule has 2 aliphatic rings. The van der Waals surface area contributed by atoms with Gasteiger partial charge in [-0.15, -0.1) is 0 Å². The Hall–Kier alpha value is -0.950. The Kier molecular flexibility index (Phi) is 3.81. The van der Waals surface area contributed by atoms with Crippen LogP contribution in [0.5, 0.6) is 5.75 Å². The topological polar surface area (TPSA) is 94.5 Å². The van der Waals surface area contributed by atoms with Gasteiger partial charge in [-0.05, 0) is 6.07 Å². The van der Waals surface area contributed by atoms with Gasteiger partial charge in [-0.25, -0.2) is 4.57 Å². The molecule has 2 heterocycles. The number of hydrogen-bond donors (Lipinski definition) is 2. The molecule has 1 aromatic carbocycles. The van der Waals surface area contributed by atoms with Crippen molar-refractivity contribution in [3.05, 3.63) is 29.8 Å². The molecule has 0 radical (unpaired) electrons.